The second-order valence-corrected chi connectivity index (χ2v) is 5.55. The third kappa shape index (κ3) is 3.52. The van der Waals surface area contributed by atoms with Crippen molar-refractivity contribution < 1.29 is 18.4 Å². The van der Waals surface area contributed by atoms with E-state index in [2.05, 4.69) is 16.0 Å². The molecule has 138 valence electrons. The molecule has 0 saturated heterocycles. The van der Waals surface area contributed by atoms with Crippen LogP contribution in [0.3, 0.4) is 0 Å². The number of hydrogen-bond donors (Lipinski definition) is 2. The number of carbonyl (C=O) groups is 2. The Morgan fingerprint density at radius 1 is 1.00 bits per heavy atom. The first kappa shape index (κ1) is 18.2. The van der Waals surface area contributed by atoms with Crippen LogP contribution in [-0.4, -0.2) is 21.6 Å². The van der Waals surface area contributed by atoms with Crippen molar-refractivity contribution in [2.75, 3.05) is 0 Å². The first-order chi connectivity index (χ1) is 12.9. The Bertz CT molecular complexity index is 1110. The van der Waals surface area contributed by atoms with Gasteiger partial charge in [0.05, 0.1) is 5.39 Å². The van der Waals surface area contributed by atoms with Gasteiger partial charge in [0.2, 0.25) is 0 Å². The summed E-state index contributed by atoms with van der Waals surface area (Å²) in [5.41, 5.74) is 3.70. The normalized spacial score (nSPS) is 10.6. The standard InChI is InChI=1S/C18H14F2N4O3/c1-2-24-18(27)12-6-4-3-5-11(12)15(23-24)17(26)22-21-16(25)10-7-8-13(19)14(20)9-10/h3-9H,2H2,1H3,(H,21,25)(H,22,26). The van der Waals surface area contributed by atoms with Crippen molar-refractivity contribution in [3.63, 3.8) is 0 Å². The second kappa shape index (κ2) is 7.32. The minimum absolute atomic E-state index is 0.0577. The fourth-order valence-electron chi connectivity index (χ4n) is 2.50. The maximum absolute atomic E-state index is 13.2. The number of nitrogens with zero attached hydrogens (tertiary/aromatic N) is 2. The van der Waals surface area contributed by atoms with E-state index in [9.17, 15) is 23.2 Å². The molecule has 2 N–H and O–H groups in total. The van der Waals surface area contributed by atoms with Crippen LogP contribution < -0.4 is 16.4 Å². The van der Waals surface area contributed by atoms with Crippen molar-refractivity contribution >= 4 is 22.6 Å². The van der Waals surface area contributed by atoms with Crippen LogP contribution in [0.1, 0.15) is 27.8 Å². The van der Waals surface area contributed by atoms with Gasteiger partial charge in [0.25, 0.3) is 17.4 Å². The Labute approximate surface area is 151 Å². The molecule has 0 aliphatic rings. The molecule has 0 unspecified atom stereocenters. The van der Waals surface area contributed by atoms with Gasteiger partial charge in [-0.3, -0.25) is 25.2 Å². The van der Waals surface area contributed by atoms with Gasteiger partial charge in [-0.15, -0.1) is 0 Å². The lowest BCUT2D eigenvalue weighted by Gasteiger charge is -2.11. The van der Waals surface area contributed by atoms with Crippen molar-refractivity contribution in [3.05, 3.63) is 75.7 Å². The number of rotatable bonds is 3. The van der Waals surface area contributed by atoms with Crippen LogP contribution in [0.4, 0.5) is 8.78 Å². The minimum atomic E-state index is -1.18. The summed E-state index contributed by atoms with van der Waals surface area (Å²) in [6.07, 6.45) is 0. The van der Waals surface area contributed by atoms with Crippen molar-refractivity contribution in [3.8, 4) is 0 Å². The van der Waals surface area contributed by atoms with E-state index in [1.807, 2.05) is 0 Å². The van der Waals surface area contributed by atoms with E-state index in [1.165, 1.54) is 0 Å². The highest BCUT2D eigenvalue weighted by Gasteiger charge is 2.17. The van der Waals surface area contributed by atoms with Crippen LogP contribution in [0, 0.1) is 11.6 Å². The first-order valence-corrected chi connectivity index (χ1v) is 7.98. The number of nitrogens with one attached hydrogen (secondary N) is 2. The predicted molar refractivity (Wildman–Crippen MR) is 93.0 cm³/mol. The molecule has 0 aliphatic carbocycles. The summed E-state index contributed by atoms with van der Waals surface area (Å²) < 4.78 is 27.3. The lowest BCUT2D eigenvalue weighted by molar-refractivity contribution is 0.0843. The molecule has 0 fully saturated rings. The van der Waals surface area contributed by atoms with Gasteiger partial charge in [-0.05, 0) is 31.2 Å². The van der Waals surface area contributed by atoms with E-state index in [1.54, 1.807) is 31.2 Å². The summed E-state index contributed by atoms with van der Waals surface area (Å²) in [6, 6.07) is 9.04. The maximum Gasteiger partial charge on any atom is 0.290 e. The van der Waals surface area contributed by atoms with Crippen LogP contribution in [0.2, 0.25) is 0 Å². The SMILES string of the molecule is CCn1nc(C(=O)NNC(=O)c2ccc(F)c(F)c2)c2ccccc2c1=O. The van der Waals surface area contributed by atoms with Crippen LogP contribution >= 0.6 is 0 Å². The summed E-state index contributed by atoms with van der Waals surface area (Å²) in [5, 5.41) is 4.66. The van der Waals surface area contributed by atoms with Crippen LogP contribution in [-0.2, 0) is 6.54 Å². The average Bonchev–Trinajstić information content (AvgIpc) is 2.68. The molecular weight excluding hydrogens is 358 g/mol. The highest BCUT2D eigenvalue weighted by atomic mass is 19.2. The maximum atomic E-state index is 13.2. The molecule has 2 aromatic carbocycles. The number of carbonyl (C=O) groups excluding carboxylic acids is 2. The number of aromatic nitrogens is 2. The van der Waals surface area contributed by atoms with Crippen LogP contribution in [0.25, 0.3) is 10.8 Å². The molecule has 1 aromatic heterocycles. The molecule has 0 atom stereocenters. The van der Waals surface area contributed by atoms with Gasteiger partial charge < -0.3 is 0 Å². The summed E-state index contributed by atoms with van der Waals surface area (Å²) in [7, 11) is 0. The number of amides is 2. The largest absolute Gasteiger partial charge is 0.290 e. The zero-order valence-electron chi connectivity index (χ0n) is 14.1. The molecule has 9 heteroatoms. The monoisotopic (exact) mass is 372 g/mol. The topological polar surface area (TPSA) is 93.1 Å². The number of benzene rings is 2. The van der Waals surface area contributed by atoms with Gasteiger partial charge in [0.15, 0.2) is 17.3 Å². The van der Waals surface area contributed by atoms with E-state index in [0.717, 1.165) is 16.8 Å². The molecule has 27 heavy (non-hydrogen) atoms. The molecule has 2 amide bonds. The Morgan fingerprint density at radius 3 is 2.33 bits per heavy atom. The van der Waals surface area contributed by atoms with E-state index < -0.39 is 23.4 Å². The van der Waals surface area contributed by atoms with Crippen molar-refractivity contribution in [2.24, 2.45) is 0 Å². The lowest BCUT2D eigenvalue weighted by Crippen LogP contribution is -2.42. The number of hydrogen-bond acceptors (Lipinski definition) is 4. The Morgan fingerprint density at radius 2 is 1.67 bits per heavy atom. The highest BCUT2D eigenvalue weighted by molar-refractivity contribution is 6.06. The number of aryl methyl sites for hydroxylation is 1. The van der Waals surface area contributed by atoms with Crippen LogP contribution in [0.5, 0.6) is 0 Å². The van der Waals surface area contributed by atoms with Crippen molar-refractivity contribution in [2.45, 2.75) is 13.5 Å². The molecule has 0 bridgehead atoms. The molecule has 0 radical (unpaired) electrons. The summed E-state index contributed by atoms with van der Waals surface area (Å²) in [5.74, 6) is -3.87. The van der Waals surface area contributed by atoms with E-state index in [4.69, 9.17) is 0 Å². The Kier molecular flexibility index (Phi) is 4.93. The number of halogens is 2. The van der Waals surface area contributed by atoms with Gasteiger partial charge in [0, 0.05) is 17.5 Å². The van der Waals surface area contributed by atoms with Crippen molar-refractivity contribution in [1.29, 1.82) is 0 Å². The Balaban J connectivity index is 1.86. The van der Waals surface area contributed by atoms with E-state index in [0.29, 0.717) is 16.8 Å². The van der Waals surface area contributed by atoms with Crippen molar-refractivity contribution in [1.82, 2.24) is 20.6 Å². The zero-order chi connectivity index (χ0) is 19.6. The van der Waals surface area contributed by atoms with Gasteiger partial charge in [-0.2, -0.15) is 5.10 Å². The molecule has 3 rings (SSSR count). The van der Waals surface area contributed by atoms with Gasteiger partial charge >= 0.3 is 0 Å². The molecule has 0 spiro atoms. The molecular formula is C18H14F2N4O3. The van der Waals surface area contributed by atoms with Gasteiger partial charge in [0.1, 0.15) is 0 Å². The fourth-order valence-corrected chi connectivity index (χ4v) is 2.50. The Hall–Kier alpha value is -3.62. The molecule has 3 aromatic rings. The molecule has 0 saturated carbocycles. The molecule has 7 nitrogen and oxygen atoms in total. The van der Waals surface area contributed by atoms with Crippen LogP contribution in [0.15, 0.2) is 47.3 Å². The quantitative estimate of drug-likeness (QED) is 0.686. The van der Waals surface area contributed by atoms with E-state index >= 15 is 0 Å². The third-order valence-corrected chi connectivity index (χ3v) is 3.85. The van der Waals surface area contributed by atoms with Gasteiger partial charge in [-0.25, -0.2) is 13.5 Å². The molecule has 1 heterocycles. The smallest absolute Gasteiger partial charge is 0.267 e. The second-order valence-electron chi connectivity index (χ2n) is 5.55. The first-order valence-electron chi connectivity index (χ1n) is 7.98. The van der Waals surface area contributed by atoms with Gasteiger partial charge in [-0.1, -0.05) is 18.2 Å². The third-order valence-electron chi connectivity index (χ3n) is 3.85. The minimum Gasteiger partial charge on any atom is -0.267 e. The summed E-state index contributed by atoms with van der Waals surface area (Å²) in [6.45, 7) is 1.96. The highest BCUT2D eigenvalue weighted by Crippen LogP contribution is 2.13. The average molecular weight is 372 g/mol. The lowest BCUT2D eigenvalue weighted by atomic mass is 10.1. The zero-order valence-corrected chi connectivity index (χ0v) is 14.1. The summed E-state index contributed by atoms with van der Waals surface area (Å²) >= 11 is 0. The molecule has 0 aliphatic heterocycles. The predicted octanol–water partition coefficient (Wildman–Crippen LogP) is 1.77. The number of fused-ring (bicyclic) bond motifs is 1. The number of hydrazine groups is 1. The summed E-state index contributed by atoms with van der Waals surface area (Å²) in [4.78, 5) is 36.7. The fraction of sp³-hybridized carbons (Fsp3) is 0.111. The van der Waals surface area contributed by atoms with E-state index in [-0.39, 0.29) is 23.4 Å².